The maximum atomic E-state index is 13.9. The Kier molecular flexibility index (Phi) is 6.98. The van der Waals surface area contributed by atoms with Crippen LogP contribution in [0.3, 0.4) is 0 Å². The smallest absolute Gasteiger partial charge is 0.258 e. The van der Waals surface area contributed by atoms with Crippen LogP contribution in [-0.4, -0.2) is 67.3 Å². The predicted octanol–water partition coefficient (Wildman–Crippen LogP) is 3.83. The number of imidazole rings is 1. The minimum absolute atomic E-state index is 0.165. The molecule has 0 unspecified atom stereocenters. The lowest BCUT2D eigenvalue weighted by molar-refractivity contribution is -0.110. The molecule has 1 aliphatic rings. The Hall–Kier alpha value is -4.06. The third-order valence-corrected chi connectivity index (χ3v) is 8.56. The van der Waals surface area contributed by atoms with Crippen LogP contribution in [-0.2, 0) is 21.9 Å². The second-order valence-electron chi connectivity index (χ2n) is 9.73. The number of anilines is 2. The topological polar surface area (TPSA) is 99.6 Å². The molecule has 202 valence electrons. The van der Waals surface area contributed by atoms with Gasteiger partial charge in [-0.1, -0.05) is 6.07 Å². The molecule has 0 saturated heterocycles. The normalized spacial score (nSPS) is 14.7. The third kappa shape index (κ3) is 5.16. The maximum Gasteiger partial charge on any atom is 0.258 e. The number of hydrogen-bond acceptors (Lipinski definition) is 6. The highest BCUT2D eigenvalue weighted by atomic mass is 32.2. The number of sulfonamides is 1. The molecule has 0 atom stereocenters. The van der Waals surface area contributed by atoms with Crippen LogP contribution in [0.2, 0.25) is 0 Å². The van der Waals surface area contributed by atoms with Crippen LogP contribution >= 0.6 is 0 Å². The van der Waals surface area contributed by atoms with E-state index in [1.54, 1.807) is 31.6 Å². The van der Waals surface area contributed by atoms with E-state index in [-0.39, 0.29) is 10.8 Å². The highest BCUT2D eigenvalue weighted by Crippen LogP contribution is 2.38. The van der Waals surface area contributed by atoms with E-state index < -0.39 is 15.8 Å². The van der Waals surface area contributed by atoms with Crippen LogP contribution in [0.1, 0.15) is 11.1 Å². The molecule has 11 heteroatoms. The van der Waals surface area contributed by atoms with Crippen LogP contribution in [0.4, 0.5) is 15.8 Å². The van der Waals surface area contributed by atoms with Gasteiger partial charge in [0.25, 0.3) is 5.91 Å². The van der Waals surface area contributed by atoms with Gasteiger partial charge in [-0.25, -0.2) is 17.8 Å². The molecule has 0 fully saturated rings. The number of carbonyl (C=O) groups excluding carboxylic acids is 1. The number of aromatic nitrogens is 2. The fourth-order valence-electron chi connectivity index (χ4n) is 4.46. The number of rotatable bonds is 8. The molecule has 3 aromatic carbocycles. The average molecular weight is 549 g/mol. The number of nitrogens with zero attached hydrogens (tertiary/aromatic N) is 4. The lowest BCUT2D eigenvalue weighted by atomic mass is 9.99. The average Bonchev–Trinajstić information content (AvgIpc) is 3.43. The lowest BCUT2D eigenvalue weighted by Gasteiger charge is -2.20. The SMILES string of the molecule is CN(C)CCN(C)S(=O)(=O)c1ccc(N/C(=C2\C(=O)Nc3cc(F)ccc32)c2ccc3c(c2)ncn3C)cc1. The van der Waals surface area contributed by atoms with E-state index in [9.17, 15) is 17.6 Å². The predicted molar refractivity (Wildman–Crippen MR) is 151 cm³/mol. The molecule has 1 aromatic heterocycles. The number of amides is 1. The second-order valence-corrected chi connectivity index (χ2v) is 11.8. The summed E-state index contributed by atoms with van der Waals surface area (Å²) in [5.74, 6) is -0.826. The van der Waals surface area contributed by atoms with Gasteiger partial charge in [-0.2, -0.15) is 4.31 Å². The van der Waals surface area contributed by atoms with Crippen molar-refractivity contribution < 1.29 is 17.6 Å². The van der Waals surface area contributed by atoms with Crippen molar-refractivity contribution in [3.8, 4) is 0 Å². The summed E-state index contributed by atoms with van der Waals surface area (Å²) in [7, 11) is 3.56. The van der Waals surface area contributed by atoms with E-state index in [1.165, 1.54) is 28.6 Å². The molecule has 39 heavy (non-hydrogen) atoms. The summed E-state index contributed by atoms with van der Waals surface area (Å²) in [5.41, 5.74) is 4.73. The summed E-state index contributed by atoms with van der Waals surface area (Å²) in [5, 5.41) is 6.06. The Morgan fingerprint density at radius 1 is 1.03 bits per heavy atom. The number of likely N-dealkylation sites (N-methyl/N-ethyl adjacent to an activating group) is 2. The number of fused-ring (bicyclic) bond motifs is 2. The molecule has 1 amide bonds. The highest BCUT2D eigenvalue weighted by Gasteiger charge is 2.29. The number of carbonyl (C=O) groups is 1. The lowest BCUT2D eigenvalue weighted by Crippen LogP contribution is -2.33. The van der Waals surface area contributed by atoms with Gasteiger partial charge < -0.3 is 20.1 Å². The molecule has 0 aliphatic carbocycles. The van der Waals surface area contributed by atoms with Gasteiger partial charge in [0.05, 0.1) is 39.2 Å². The first kappa shape index (κ1) is 26.5. The number of benzene rings is 3. The number of hydrogen-bond donors (Lipinski definition) is 2. The van der Waals surface area contributed by atoms with E-state index >= 15 is 0 Å². The largest absolute Gasteiger partial charge is 0.354 e. The molecule has 0 spiro atoms. The van der Waals surface area contributed by atoms with Gasteiger partial charge in [-0.05, 0) is 68.7 Å². The number of halogens is 1. The van der Waals surface area contributed by atoms with Crippen molar-refractivity contribution in [2.75, 3.05) is 44.9 Å². The molecule has 1 aliphatic heterocycles. The van der Waals surface area contributed by atoms with Gasteiger partial charge in [-0.15, -0.1) is 0 Å². The first-order valence-electron chi connectivity index (χ1n) is 12.3. The molecule has 5 rings (SSSR count). The highest BCUT2D eigenvalue weighted by molar-refractivity contribution is 7.89. The molecule has 2 heterocycles. The first-order valence-corrected chi connectivity index (χ1v) is 13.7. The summed E-state index contributed by atoms with van der Waals surface area (Å²) in [4.78, 5) is 19.7. The summed E-state index contributed by atoms with van der Waals surface area (Å²) in [6.07, 6.45) is 1.71. The Balaban J connectivity index is 1.55. The molecular formula is C28H29FN6O3S. The van der Waals surface area contributed by atoms with Crippen LogP contribution in [0.15, 0.2) is 71.9 Å². The molecule has 4 aromatic rings. The van der Waals surface area contributed by atoms with Gasteiger partial charge in [0.15, 0.2) is 0 Å². The van der Waals surface area contributed by atoms with E-state index in [1.807, 2.05) is 48.8 Å². The second kappa shape index (κ2) is 10.3. The van der Waals surface area contributed by atoms with Crippen molar-refractivity contribution in [3.05, 3.63) is 83.9 Å². The van der Waals surface area contributed by atoms with E-state index in [4.69, 9.17) is 0 Å². The van der Waals surface area contributed by atoms with Crippen molar-refractivity contribution in [2.45, 2.75) is 4.90 Å². The molecule has 2 N–H and O–H groups in total. The molecule has 0 saturated carbocycles. The maximum absolute atomic E-state index is 13.9. The van der Waals surface area contributed by atoms with Crippen molar-refractivity contribution in [1.29, 1.82) is 0 Å². The van der Waals surface area contributed by atoms with E-state index in [2.05, 4.69) is 15.6 Å². The van der Waals surface area contributed by atoms with Gasteiger partial charge in [0.2, 0.25) is 10.0 Å². The van der Waals surface area contributed by atoms with E-state index in [0.29, 0.717) is 46.9 Å². The van der Waals surface area contributed by atoms with Crippen LogP contribution in [0, 0.1) is 5.82 Å². The quantitative estimate of drug-likeness (QED) is 0.325. The fourth-order valence-corrected chi connectivity index (χ4v) is 5.62. The molecular weight excluding hydrogens is 519 g/mol. The number of nitrogens with one attached hydrogen (secondary N) is 2. The van der Waals surface area contributed by atoms with E-state index in [0.717, 1.165) is 11.0 Å². The van der Waals surface area contributed by atoms with Crippen LogP contribution in [0.5, 0.6) is 0 Å². The Morgan fingerprint density at radius 3 is 2.49 bits per heavy atom. The van der Waals surface area contributed by atoms with Gasteiger partial charge in [-0.3, -0.25) is 4.79 Å². The Labute approximate surface area is 226 Å². The minimum Gasteiger partial charge on any atom is -0.354 e. The number of aryl methyl sites for hydroxylation is 1. The van der Waals surface area contributed by atoms with Gasteiger partial charge >= 0.3 is 0 Å². The first-order chi connectivity index (χ1) is 18.5. The van der Waals surface area contributed by atoms with Gasteiger partial charge in [0, 0.05) is 44.0 Å². The van der Waals surface area contributed by atoms with Crippen LogP contribution in [0.25, 0.3) is 22.3 Å². The van der Waals surface area contributed by atoms with Crippen molar-refractivity contribution in [2.24, 2.45) is 7.05 Å². The summed E-state index contributed by atoms with van der Waals surface area (Å²) < 4.78 is 43.2. The van der Waals surface area contributed by atoms with Crippen molar-refractivity contribution in [3.63, 3.8) is 0 Å². The molecule has 9 nitrogen and oxygen atoms in total. The molecule has 0 radical (unpaired) electrons. The zero-order chi connectivity index (χ0) is 27.9. The zero-order valence-electron chi connectivity index (χ0n) is 22.1. The summed E-state index contributed by atoms with van der Waals surface area (Å²) in [6.45, 7) is 0.955. The van der Waals surface area contributed by atoms with Gasteiger partial charge in [0.1, 0.15) is 5.82 Å². The summed E-state index contributed by atoms with van der Waals surface area (Å²) >= 11 is 0. The zero-order valence-corrected chi connectivity index (χ0v) is 22.9. The van der Waals surface area contributed by atoms with Crippen molar-refractivity contribution in [1.82, 2.24) is 18.8 Å². The van der Waals surface area contributed by atoms with Crippen molar-refractivity contribution >= 4 is 49.6 Å². The minimum atomic E-state index is -3.67. The fraction of sp³-hybridized carbons (Fsp3) is 0.214. The Bertz CT molecular complexity index is 1710. The monoisotopic (exact) mass is 548 g/mol. The third-order valence-electron chi connectivity index (χ3n) is 6.68. The van der Waals surface area contributed by atoms with Crippen LogP contribution < -0.4 is 10.6 Å². The molecule has 0 bridgehead atoms. The summed E-state index contributed by atoms with van der Waals surface area (Å²) in [6, 6.07) is 16.2. The Morgan fingerprint density at radius 2 is 1.77 bits per heavy atom. The standard InChI is InChI=1S/C28H29FN6O3S/c1-33(2)13-14-35(4)39(37,38)21-9-7-20(8-10-21)31-27(18-5-12-25-24(15-18)30-17-34(25)3)26-22-11-6-19(29)16-23(22)32-28(26)36/h5-12,15-17,31H,13-14H2,1-4H3,(H,32,36)/b27-26-.